The molecule has 2 aromatic rings. The number of nitrogens with zero attached hydrogens (tertiary/aromatic N) is 3. The van der Waals surface area contributed by atoms with Crippen molar-refractivity contribution in [2.45, 2.75) is 30.4 Å². The molecular weight excluding hydrogens is 344 g/mol. The van der Waals surface area contributed by atoms with E-state index in [0.29, 0.717) is 18.8 Å². The summed E-state index contributed by atoms with van der Waals surface area (Å²) in [7, 11) is 0. The van der Waals surface area contributed by atoms with Crippen LogP contribution in [0, 0.1) is 0 Å². The number of para-hydroxylation sites is 1. The molecule has 0 aliphatic carbocycles. The van der Waals surface area contributed by atoms with Gasteiger partial charge in [-0.25, -0.2) is 0 Å². The lowest BCUT2D eigenvalue weighted by Crippen LogP contribution is -2.48. The van der Waals surface area contributed by atoms with Gasteiger partial charge < -0.3 is 15.0 Å². The van der Waals surface area contributed by atoms with E-state index in [0.717, 1.165) is 15.2 Å². The van der Waals surface area contributed by atoms with Crippen LogP contribution in [0.25, 0.3) is 0 Å². The van der Waals surface area contributed by atoms with Crippen LogP contribution in [-0.2, 0) is 9.53 Å². The van der Waals surface area contributed by atoms with Crippen molar-refractivity contribution < 1.29 is 9.53 Å². The number of aromatic nitrogens is 2. The number of thioether (sulfide) groups is 1. The molecule has 1 aliphatic heterocycles. The minimum atomic E-state index is 0.0888. The maximum atomic E-state index is 12.4. The average molecular weight is 364 g/mol. The Labute approximate surface area is 149 Å². The molecule has 0 unspecified atom stereocenters. The van der Waals surface area contributed by atoms with Crippen LogP contribution in [0.4, 0.5) is 10.8 Å². The van der Waals surface area contributed by atoms with E-state index in [2.05, 4.69) is 15.5 Å². The van der Waals surface area contributed by atoms with Gasteiger partial charge in [0, 0.05) is 18.8 Å². The summed E-state index contributed by atoms with van der Waals surface area (Å²) in [6.45, 7) is 5.30. The van der Waals surface area contributed by atoms with Gasteiger partial charge in [0.2, 0.25) is 11.0 Å². The molecule has 0 bridgehead atoms. The third-order valence-electron chi connectivity index (χ3n) is 3.52. The van der Waals surface area contributed by atoms with E-state index in [9.17, 15) is 4.79 Å². The van der Waals surface area contributed by atoms with E-state index in [1.54, 1.807) is 0 Å². The third kappa shape index (κ3) is 4.68. The summed E-state index contributed by atoms with van der Waals surface area (Å²) < 4.78 is 6.45. The first-order chi connectivity index (χ1) is 11.6. The molecule has 1 aliphatic rings. The Morgan fingerprint density at radius 2 is 2.00 bits per heavy atom. The van der Waals surface area contributed by atoms with Crippen molar-refractivity contribution >= 4 is 39.8 Å². The molecule has 6 nitrogen and oxygen atoms in total. The molecule has 2 heterocycles. The van der Waals surface area contributed by atoms with Crippen LogP contribution in [0.5, 0.6) is 0 Å². The topological polar surface area (TPSA) is 67.4 Å². The highest BCUT2D eigenvalue weighted by atomic mass is 32.2. The van der Waals surface area contributed by atoms with Crippen molar-refractivity contribution in [1.29, 1.82) is 0 Å². The number of anilines is 2. The number of carbonyl (C=O) groups is 1. The largest absolute Gasteiger partial charge is 0.372 e. The number of carbonyl (C=O) groups excluding carboxylic acids is 1. The van der Waals surface area contributed by atoms with Gasteiger partial charge in [0.25, 0.3) is 0 Å². The van der Waals surface area contributed by atoms with Gasteiger partial charge in [0.1, 0.15) is 0 Å². The van der Waals surface area contributed by atoms with Gasteiger partial charge in [-0.2, -0.15) is 0 Å². The molecule has 8 heteroatoms. The fourth-order valence-electron chi connectivity index (χ4n) is 2.56. The van der Waals surface area contributed by atoms with Crippen molar-refractivity contribution in [3.63, 3.8) is 0 Å². The first-order valence-electron chi connectivity index (χ1n) is 7.82. The monoisotopic (exact) mass is 364 g/mol. The van der Waals surface area contributed by atoms with Crippen LogP contribution in [0.2, 0.25) is 0 Å². The van der Waals surface area contributed by atoms with Gasteiger partial charge in [0.15, 0.2) is 4.34 Å². The van der Waals surface area contributed by atoms with Gasteiger partial charge >= 0.3 is 0 Å². The SMILES string of the molecule is C[C@H]1CN(C(=O)CSc2nnc(Nc3ccccc3)s2)C[C@H](C)O1. The number of benzene rings is 1. The van der Waals surface area contributed by atoms with E-state index in [1.165, 1.54) is 23.1 Å². The lowest BCUT2D eigenvalue weighted by atomic mass is 10.2. The number of amides is 1. The van der Waals surface area contributed by atoms with Gasteiger partial charge in [-0.05, 0) is 26.0 Å². The number of ether oxygens (including phenoxy) is 1. The van der Waals surface area contributed by atoms with Crippen LogP contribution in [-0.4, -0.2) is 52.1 Å². The highest BCUT2D eigenvalue weighted by Crippen LogP contribution is 2.28. The Morgan fingerprint density at radius 1 is 1.29 bits per heavy atom. The fourth-order valence-corrected chi connectivity index (χ4v) is 4.23. The van der Waals surface area contributed by atoms with E-state index in [1.807, 2.05) is 49.1 Å². The maximum absolute atomic E-state index is 12.4. The highest BCUT2D eigenvalue weighted by Gasteiger charge is 2.25. The minimum Gasteiger partial charge on any atom is -0.372 e. The predicted molar refractivity (Wildman–Crippen MR) is 96.9 cm³/mol. The molecule has 3 rings (SSSR count). The molecule has 1 saturated heterocycles. The smallest absolute Gasteiger partial charge is 0.233 e. The molecule has 0 saturated carbocycles. The molecule has 2 atom stereocenters. The summed E-state index contributed by atoms with van der Waals surface area (Å²) in [4.78, 5) is 14.2. The van der Waals surface area contributed by atoms with Crippen molar-refractivity contribution in [2.75, 3.05) is 24.2 Å². The Morgan fingerprint density at radius 3 is 2.71 bits per heavy atom. The molecule has 1 aromatic carbocycles. The fraction of sp³-hybridized carbons (Fsp3) is 0.438. The first-order valence-corrected chi connectivity index (χ1v) is 9.62. The zero-order valence-electron chi connectivity index (χ0n) is 13.6. The normalized spacial score (nSPS) is 20.8. The van der Waals surface area contributed by atoms with Crippen LogP contribution < -0.4 is 5.32 Å². The van der Waals surface area contributed by atoms with Crippen molar-refractivity contribution in [1.82, 2.24) is 15.1 Å². The predicted octanol–water partition coefficient (Wildman–Crippen LogP) is 3.01. The van der Waals surface area contributed by atoms with Crippen LogP contribution in [0.3, 0.4) is 0 Å². The van der Waals surface area contributed by atoms with Gasteiger partial charge in [-0.1, -0.05) is 41.3 Å². The molecule has 24 heavy (non-hydrogen) atoms. The summed E-state index contributed by atoms with van der Waals surface area (Å²) in [5.41, 5.74) is 0.970. The number of hydrogen-bond acceptors (Lipinski definition) is 7. The molecule has 1 fully saturated rings. The van der Waals surface area contributed by atoms with E-state index < -0.39 is 0 Å². The quantitative estimate of drug-likeness (QED) is 0.823. The molecule has 1 amide bonds. The maximum Gasteiger partial charge on any atom is 0.233 e. The van der Waals surface area contributed by atoms with Crippen molar-refractivity contribution in [2.24, 2.45) is 0 Å². The molecule has 128 valence electrons. The Bertz CT molecular complexity index is 670. The minimum absolute atomic E-state index is 0.0888. The van der Waals surface area contributed by atoms with Crippen molar-refractivity contribution in [3.05, 3.63) is 30.3 Å². The van der Waals surface area contributed by atoms with Crippen LogP contribution in [0.1, 0.15) is 13.8 Å². The van der Waals surface area contributed by atoms with E-state index >= 15 is 0 Å². The van der Waals surface area contributed by atoms with Gasteiger partial charge in [-0.15, -0.1) is 10.2 Å². The summed E-state index contributed by atoms with van der Waals surface area (Å²) in [5, 5.41) is 12.2. The molecule has 1 N–H and O–H groups in total. The second-order valence-corrected chi connectivity index (χ2v) is 7.91. The first kappa shape index (κ1) is 17.2. The summed E-state index contributed by atoms with van der Waals surface area (Å²) in [6, 6.07) is 9.83. The van der Waals surface area contributed by atoms with Crippen LogP contribution in [0.15, 0.2) is 34.7 Å². The molecule has 0 radical (unpaired) electrons. The van der Waals surface area contributed by atoms with Crippen LogP contribution >= 0.6 is 23.1 Å². The summed E-state index contributed by atoms with van der Waals surface area (Å²) in [6.07, 6.45) is 0.178. The van der Waals surface area contributed by atoms with Gasteiger partial charge in [-0.3, -0.25) is 4.79 Å². The zero-order valence-corrected chi connectivity index (χ0v) is 15.3. The second kappa shape index (κ2) is 7.96. The number of hydrogen-bond donors (Lipinski definition) is 1. The highest BCUT2D eigenvalue weighted by molar-refractivity contribution is 8.01. The Balaban J connectivity index is 1.51. The summed E-state index contributed by atoms with van der Waals surface area (Å²) in [5.74, 6) is 0.495. The Kier molecular flexibility index (Phi) is 5.70. The van der Waals surface area contributed by atoms with Crippen molar-refractivity contribution in [3.8, 4) is 0 Å². The number of morpholine rings is 1. The molecule has 0 spiro atoms. The molecular formula is C16H20N4O2S2. The number of rotatable bonds is 5. The summed E-state index contributed by atoms with van der Waals surface area (Å²) >= 11 is 2.88. The molecule has 1 aromatic heterocycles. The lowest BCUT2D eigenvalue weighted by molar-refractivity contribution is -0.140. The second-order valence-electron chi connectivity index (χ2n) is 5.71. The number of nitrogens with one attached hydrogen (secondary N) is 1. The Hall–Kier alpha value is -1.64. The standard InChI is InChI=1S/C16H20N4O2S2/c1-11-8-20(9-12(2)22-11)14(21)10-23-16-19-18-15(24-16)17-13-6-4-3-5-7-13/h3-7,11-12H,8-10H2,1-2H3,(H,17,18)/t11-,12-/m0/s1. The van der Waals surface area contributed by atoms with Gasteiger partial charge in [0.05, 0.1) is 18.0 Å². The zero-order chi connectivity index (χ0) is 16.9. The third-order valence-corrected chi connectivity index (χ3v) is 5.48. The van der Waals surface area contributed by atoms with E-state index in [4.69, 9.17) is 4.74 Å². The van der Waals surface area contributed by atoms with E-state index in [-0.39, 0.29) is 18.1 Å². The lowest BCUT2D eigenvalue weighted by Gasteiger charge is -2.35. The average Bonchev–Trinajstić information content (AvgIpc) is 3.00.